The van der Waals surface area contributed by atoms with Crippen molar-refractivity contribution in [2.45, 2.75) is 39.1 Å². The third kappa shape index (κ3) is 6.99. The van der Waals surface area contributed by atoms with Crippen LogP contribution < -0.4 is 0 Å². The standard InChI is InChI=1S/C12H22O5/c1-3-5-6-11(7-8-13)17-12(15,10-14)16-9-4-2/h4,7,9,13-15H,3,5-6,8,10H2,1-2H3/b9-4+,11-7+. The van der Waals surface area contributed by atoms with Crippen molar-refractivity contribution in [2.24, 2.45) is 0 Å². The molecule has 0 fully saturated rings. The van der Waals surface area contributed by atoms with Gasteiger partial charge in [-0.2, -0.15) is 0 Å². The minimum absolute atomic E-state index is 0.190. The molecule has 0 saturated carbocycles. The van der Waals surface area contributed by atoms with E-state index in [1.807, 2.05) is 6.92 Å². The van der Waals surface area contributed by atoms with Crippen molar-refractivity contribution in [1.82, 2.24) is 0 Å². The van der Waals surface area contributed by atoms with Crippen molar-refractivity contribution in [1.29, 1.82) is 0 Å². The Morgan fingerprint density at radius 1 is 1.35 bits per heavy atom. The topological polar surface area (TPSA) is 79.2 Å². The second-order valence-corrected chi connectivity index (χ2v) is 3.52. The highest BCUT2D eigenvalue weighted by Crippen LogP contribution is 2.18. The van der Waals surface area contributed by atoms with E-state index in [9.17, 15) is 5.11 Å². The summed E-state index contributed by atoms with van der Waals surface area (Å²) in [5, 5.41) is 27.6. The zero-order valence-electron chi connectivity index (χ0n) is 10.4. The molecular formula is C12H22O5. The Bertz CT molecular complexity index is 249. The number of aliphatic hydroxyl groups is 3. The minimum atomic E-state index is -2.10. The zero-order chi connectivity index (χ0) is 13.1. The van der Waals surface area contributed by atoms with E-state index < -0.39 is 12.6 Å². The molecular weight excluding hydrogens is 224 g/mol. The van der Waals surface area contributed by atoms with Crippen LogP contribution in [0, 0.1) is 0 Å². The lowest BCUT2D eigenvalue weighted by Crippen LogP contribution is -2.38. The fourth-order valence-corrected chi connectivity index (χ4v) is 1.12. The molecule has 17 heavy (non-hydrogen) atoms. The zero-order valence-corrected chi connectivity index (χ0v) is 10.4. The van der Waals surface area contributed by atoms with Crippen LogP contribution in [0.4, 0.5) is 0 Å². The first kappa shape index (κ1) is 16.0. The molecule has 0 aliphatic carbocycles. The van der Waals surface area contributed by atoms with E-state index in [-0.39, 0.29) is 6.61 Å². The smallest absolute Gasteiger partial charge is 0.393 e. The van der Waals surface area contributed by atoms with Gasteiger partial charge < -0.3 is 24.8 Å². The molecule has 0 aromatic rings. The molecule has 0 amide bonds. The van der Waals surface area contributed by atoms with Crippen molar-refractivity contribution >= 4 is 0 Å². The van der Waals surface area contributed by atoms with Crippen molar-refractivity contribution in [3.8, 4) is 0 Å². The van der Waals surface area contributed by atoms with Gasteiger partial charge in [0.15, 0.2) is 0 Å². The number of allylic oxidation sites excluding steroid dienone is 2. The predicted octanol–water partition coefficient (Wildman–Crippen LogP) is 1.26. The van der Waals surface area contributed by atoms with Crippen molar-refractivity contribution in [2.75, 3.05) is 13.2 Å². The molecule has 0 spiro atoms. The van der Waals surface area contributed by atoms with Gasteiger partial charge in [-0.25, -0.2) is 0 Å². The van der Waals surface area contributed by atoms with Gasteiger partial charge >= 0.3 is 5.97 Å². The van der Waals surface area contributed by atoms with Gasteiger partial charge in [-0.3, -0.25) is 0 Å². The highest BCUT2D eigenvalue weighted by atomic mass is 16.8. The van der Waals surface area contributed by atoms with Crippen molar-refractivity contribution in [3.63, 3.8) is 0 Å². The monoisotopic (exact) mass is 246 g/mol. The van der Waals surface area contributed by atoms with Crippen LogP contribution in [-0.2, 0) is 9.47 Å². The number of rotatable bonds is 9. The van der Waals surface area contributed by atoms with Gasteiger partial charge in [0, 0.05) is 6.42 Å². The summed E-state index contributed by atoms with van der Waals surface area (Å²) >= 11 is 0. The summed E-state index contributed by atoms with van der Waals surface area (Å²) in [6.07, 6.45) is 6.61. The maximum Gasteiger partial charge on any atom is 0.393 e. The maximum atomic E-state index is 9.78. The average molecular weight is 246 g/mol. The van der Waals surface area contributed by atoms with Crippen LogP contribution in [0.15, 0.2) is 24.2 Å². The lowest BCUT2D eigenvalue weighted by molar-refractivity contribution is -0.337. The van der Waals surface area contributed by atoms with Crippen LogP contribution >= 0.6 is 0 Å². The third-order valence-corrected chi connectivity index (χ3v) is 1.97. The molecule has 5 heteroatoms. The number of ether oxygens (including phenoxy) is 2. The van der Waals surface area contributed by atoms with E-state index >= 15 is 0 Å². The summed E-state index contributed by atoms with van der Waals surface area (Å²) in [5.74, 6) is -1.70. The lowest BCUT2D eigenvalue weighted by atomic mass is 10.2. The predicted molar refractivity (Wildman–Crippen MR) is 63.7 cm³/mol. The van der Waals surface area contributed by atoms with Gasteiger partial charge in [-0.15, -0.1) is 0 Å². The van der Waals surface area contributed by atoms with Crippen LogP contribution in [0.3, 0.4) is 0 Å². The Labute approximate surface area is 102 Å². The van der Waals surface area contributed by atoms with Crippen molar-refractivity contribution in [3.05, 3.63) is 24.2 Å². The summed E-state index contributed by atoms with van der Waals surface area (Å²) in [4.78, 5) is 0. The van der Waals surface area contributed by atoms with Gasteiger partial charge in [-0.1, -0.05) is 19.4 Å². The summed E-state index contributed by atoms with van der Waals surface area (Å²) in [6.45, 7) is 2.83. The molecule has 0 rings (SSSR count). The molecule has 1 atom stereocenters. The Hall–Kier alpha value is -1.04. The quantitative estimate of drug-likeness (QED) is 0.421. The van der Waals surface area contributed by atoms with E-state index in [0.717, 1.165) is 12.8 Å². The van der Waals surface area contributed by atoms with E-state index in [0.29, 0.717) is 12.2 Å². The Kier molecular flexibility index (Phi) is 8.49. The van der Waals surface area contributed by atoms with Crippen LogP contribution in [0.25, 0.3) is 0 Å². The van der Waals surface area contributed by atoms with E-state index in [1.54, 1.807) is 13.0 Å². The summed E-state index contributed by atoms with van der Waals surface area (Å²) in [7, 11) is 0. The minimum Gasteiger partial charge on any atom is -0.437 e. The van der Waals surface area contributed by atoms with Gasteiger partial charge in [-0.05, 0) is 19.4 Å². The average Bonchev–Trinajstić information content (AvgIpc) is 2.34. The first-order valence-electron chi connectivity index (χ1n) is 5.73. The molecule has 0 aromatic carbocycles. The number of hydrogen-bond donors (Lipinski definition) is 3. The summed E-state index contributed by atoms with van der Waals surface area (Å²) in [5.41, 5.74) is 0. The van der Waals surface area contributed by atoms with Gasteiger partial charge in [0.05, 0.1) is 12.9 Å². The van der Waals surface area contributed by atoms with Gasteiger partial charge in [0.25, 0.3) is 0 Å². The highest BCUT2D eigenvalue weighted by molar-refractivity contribution is 4.94. The Balaban J connectivity index is 4.51. The third-order valence-electron chi connectivity index (χ3n) is 1.97. The van der Waals surface area contributed by atoms with E-state index in [2.05, 4.69) is 0 Å². The number of hydrogen-bond acceptors (Lipinski definition) is 5. The molecule has 0 saturated heterocycles. The molecule has 1 unspecified atom stereocenters. The van der Waals surface area contributed by atoms with Crippen LogP contribution in [0.5, 0.6) is 0 Å². The molecule has 3 N–H and O–H groups in total. The lowest BCUT2D eigenvalue weighted by Gasteiger charge is -2.26. The normalized spacial score (nSPS) is 15.9. The largest absolute Gasteiger partial charge is 0.437 e. The Morgan fingerprint density at radius 2 is 2.06 bits per heavy atom. The molecule has 0 aromatic heterocycles. The van der Waals surface area contributed by atoms with Crippen LogP contribution in [0.2, 0.25) is 0 Å². The molecule has 0 radical (unpaired) electrons. The molecule has 0 aliphatic rings. The molecule has 0 heterocycles. The summed E-state index contributed by atoms with van der Waals surface area (Å²) < 4.78 is 10.0. The number of aliphatic hydroxyl groups excluding tert-OH is 2. The maximum absolute atomic E-state index is 9.78. The highest BCUT2D eigenvalue weighted by Gasteiger charge is 2.30. The molecule has 0 bridgehead atoms. The fourth-order valence-electron chi connectivity index (χ4n) is 1.12. The first-order chi connectivity index (χ1) is 8.11. The van der Waals surface area contributed by atoms with E-state index in [1.165, 1.54) is 12.3 Å². The Morgan fingerprint density at radius 3 is 2.53 bits per heavy atom. The van der Waals surface area contributed by atoms with Crippen LogP contribution in [0.1, 0.15) is 33.1 Å². The second kappa shape index (κ2) is 9.04. The SMILES string of the molecule is C/C=C/OC(O)(CO)O/C(=C/CO)CCCC. The number of unbranched alkanes of at least 4 members (excludes halogenated alkanes) is 1. The van der Waals surface area contributed by atoms with E-state index in [4.69, 9.17) is 19.7 Å². The molecule has 5 nitrogen and oxygen atoms in total. The summed E-state index contributed by atoms with van der Waals surface area (Å²) in [6, 6.07) is 0. The van der Waals surface area contributed by atoms with Crippen LogP contribution in [-0.4, -0.2) is 34.5 Å². The van der Waals surface area contributed by atoms with Gasteiger partial charge in [0.2, 0.25) is 0 Å². The fraction of sp³-hybridized carbons (Fsp3) is 0.667. The first-order valence-corrected chi connectivity index (χ1v) is 5.73. The second-order valence-electron chi connectivity index (χ2n) is 3.52. The van der Waals surface area contributed by atoms with Gasteiger partial charge in [0.1, 0.15) is 12.4 Å². The molecule has 100 valence electrons. The van der Waals surface area contributed by atoms with Crippen molar-refractivity contribution < 1.29 is 24.8 Å². The molecule has 0 aliphatic heterocycles.